The molecule has 2 aromatic carbocycles. The lowest BCUT2D eigenvalue weighted by molar-refractivity contribution is -0.113. The van der Waals surface area contributed by atoms with Crippen molar-refractivity contribution in [3.8, 4) is 5.75 Å². The summed E-state index contributed by atoms with van der Waals surface area (Å²) in [5, 5.41) is 13.1. The van der Waals surface area contributed by atoms with E-state index in [1.807, 2.05) is 47.9 Å². The Labute approximate surface area is 198 Å². The van der Waals surface area contributed by atoms with Gasteiger partial charge in [-0.1, -0.05) is 65.0 Å². The van der Waals surface area contributed by atoms with E-state index >= 15 is 0 Å². The van der Waals surface area contributed by atoms with E-state index in [9.17, 15) is 4.79 Å². The van der Waals surface area contributed by atoms with E-state index in [4.69, 9.17) is 16.3 Å². The van der Waals surface area contributed by atoms with Crippen LogP contribution in [0.3, 0.4) is 0 Å². The van der Waals surface area contributed by atoms with Crippen molar-refractivity contribution in [2.24, 2.45) is 0 Å². The summed E-state index contributed by atoms with van der Waals surface area (Å²) < 4.78 is 8.89. The number of benzene rings is 2. The monoisotopic (exact) mass is 485 g/mol. The van der Waals surface area contributed by atoms with Crippen LogP contribution in [0.4, 0.5) is 5.13 Å². The number of rotatable bonds is 9. The van der Waals surface area contributed by atoms with Gasteiger partial charge in [0.1, 0.15) is 5.75 Å². The second-order valence-corrected chi connectivity index (χ2v) is 9.13. The summed E-state index contributed by atoms with van der Waals surface area (Å²) in [4.78, 5) is 16.9. The molecule has 0 fully saturated rings. The molecule has 4 aromatic rings. The zero-order valence-corrected chi connectivity index (χ0v) is 19.6. The van der Waals surface area contributed by atoms with E-state index in [2.05, 4.69) is 27.1 Å². The number of carbonyl (C=O) groups is 1. The minimum absolute atomic E-state index is 0.163. The summed E-state index contributed by atoms with van der Waals surface area (Å²) in [6.45, 7) is 6.18. The predicted octanol–water partition coefficient (Wildman–Crippen LogP) is 5.60. The fourth-order valence-electron chi connectivity index (χ4n) is 3.00. The number of halogens is 1. The lowest BCUT2D eigenvalue weighted by atomic mass is 10.3. The van der Waals surface area contributed by atoms with Gasteiger partial charge >= 0.3 is 0 Å². The van der Waals surface area contributed by atoms with Gasteiger partial charge in [0, 0.05) is 6.54 Å². The molecule has 1 N–H and O–H groups in total. The van der Waals surface area contributed by atoms with Crippen molar-refractivity contribution in [2.75, 3.05) is 11.1 Å². The SMILES string of the molecule is C=CCn1c(SCC(=O)Nc2nc3ccccc3s2)nnc1C(C)Oc1ccccc1Cl. The lowest BCUT2D eigenvalue weighted by Crippen LogP contribution is -2.15. The van der Waals surface area contributed by atoms with Gasteiger partial charge in [-0.15, -0.1) is 16.8 Å². The van der Waals surface area contributed by atoms with Crippen molar-refractivity contribution in [2.45, 2.75) is 24.7 Å². The number of fused-ring (bicyclic) bond motifs is 1. The van der Waals surface area contributed by atoms with Gasteiger partial charge in [-0.05, 0) is 31.2 Å². The lowest BCUT2D eigenvalue weighted by Gasteiger charge is -2.16. The first-order chi connectivity index (χ1) is 15.5. The molecule has 1 amide bonds. The number of para-hydroxylation sites is 2. The van der Waals surface area contributed by atoms with Crippen LogP contribution in [0.1, 0.15) is 18.9 Å². The van der Waals surface area contributed by atoms with Gasteiger partial charge in [0.15, 0.2) is 22.2 Å². The van der Waals surface area contributed by atoms with E-state index in [1.54, 1.807) is 18.2 Å². The third-order valence-electron chi connectivity index (χ3n) is 4.43. The Bertz CT molecular complexity index is 1220. The van der Waals surface area contributed by atoms with Gasteiger partial charge in [0.05, 0.1) is 21.0 Å². The van der Waals surface area contributed by atoms with E-state index in [0.717, 1.165) is 10.2 Å². The van der Waals surface area contributed by atoms with Crippen LogP contribution >= 0.6 is 34.7 Å². The number of ether oxygens (including phenoxy) is 1. The number of thioether (sulfide) groups is 1. The van der Waals surface area contributed by atoms with Gasteiger partial charge in [-0.25, -0.2) is 4.98 Å². The number of nitrogens with one attached hydrogen (secondary N) is 1. The maximum Gasteiger partial charge on any atom is 0.236 e. The molecule has 0 bridgehead atoms. The molecule has 0 radical (unpaired) electrons. The fraction of sp³-hybridized carbons (Fsp3) is 0.182. The summed E-state index contributed by atoms with van der Waals surface area (Å²) >= 11 is 8.94. The molecule has 0 aliphatic heterocycles. The van der Waals surface area contributed by atoms with Crippen molar-refractivity contribution in [3.63, 3.8) is 0 Å². The molecule has 0 spiro atoms. The number of amides is 1. The Morgan fingerprint density at radius 3 is 2.84 bits per heavy atom. The maximum absolute atomic E-state index is 12.5. The first-order valence-electron chi connectivity index (χ1n) is 9.78. The minimum Gasteiger partial charge on any atom is -0.481 e. The van der Waals surface area contributed by atoms with Gasteiger partial charge in [-0.3, -0.25) is 9.36 Å². The maximum atomic E-state index is 12.5. The number of aromatic nitrogens is 4. The first-order valence-corrected chi connectivity index (χ1v) is 12.0. The molecule has 2 aromatic heterocycles. The summed E-state index contributed by atoms with van der Waals surface area (Å²) in [7, 11) is 0. The van der Waals surface area contributed by atoms with Crippen molar-refractivity contribution < 1.29 is 9.53 Å². The Morgan fingerprint density at radius 1 is 1.28 bits per heavy atom. The highest BCUT2D eigenvalue weighted by Crippen LogP contribution is 2.30. The molecule has 10 heteroatoms. The molecule has 1 unspecified atom stereocenters. The van der Waals surface area contributed by atoms with Crippen LogP contribution in [0, 0.1) is 0 Å². The van der Waals surface area contributed by atoms with Crippen molar-refractivity contribution in [1.29, 1.82) is 0 Å². The fourth-order valence-corrected chi connectivity index (χ4v) is 4.82. The number of hydrogen-bond donors (Lipinski definition) is 1. The first kappa shape index (κ1) is 22.3. The van der Waals surface area contributed by atoms with Crippen LogP contribution in [-0.4, -0.2) is 31.4 Å². The summed E-state index contributed by atoms with van der Waals surface area (Å²) in [6, 6.07) is 15.0. The van der Waals surface area contributed by atoms with Crippen LogP contribution in [0.15, 0.2) is 66.3 Å². The summed E-state index contributed by atoms with van der Waals surface area (Å²) in [6.07, 6.45) is 1.36. The molecule has 4 rings (SSSR count). The molecular weight excluding hydrogens is 466 g/mol. The number of anilines is 1. The van der Waals surface area contributed by atoms with Crippen LogP contribution in [0.5, 0.6) is 5.75 Å². The van der Waals surface area contributed by atoms with E-state index < -0.39 is 6.10 Å². The highest BCUT2D eigenvalue weighted by atomic mass is 35.5. The van der Waals surface area contributed by atoms with Crippen molar-refractivity contribution >= 4 is 56.0 Å². The molecule has 164 valence electrons. The number of thiazole rings is 1. The molecule has 1 atom stereocenters. The molecular formula is C22H20ClN5O2S2. The van der Waals surface area contributed by atoms with Crippen molar-refractivity contribution in [1.82, 2.24) is 19.7 Å². The Kier molecular flexibility index (Phi) is 7.09. The standard InChI is InChI=1S/C22H20ClN5O2S2/c1-3-12-28-20(14(2)30-17-10-6-4-8-15(17)23)26-27-22(28)31-13-19(29)25-21-24-16-9-5-7-11-18(16)32-21/h3-11,14H,1,12-13H2,2H3,(H,24,25,29). The zero-order valence-electron chi connectivity index (χ0n) is 17.2. The third-order valence-corrected chi connectivity index (χ3v) is 6.66. The normalized spacial score (nSPS) is 11.9. The smallest absolute Gasteiger partial charge is 0.236 e. The average Bonchev–Trinajstić information content (AvgIpc) is 3.37. The van der Waals surface area contributed by atoms with Crippen LogP contribution in [0.2, 0.25) is 5.02 Å². The number of carbonyl (C=O) groups excluding carboxylic acids is 1. The largest absolute Gasteiger partial charge is 0.481 e. The summed E-state index contributed by atoms with van der Waals surface area (Å²) in [5.41, 5.74) is 0.864. The Morgan fingerprint density at radius 2 is 2.06 bits per heavy atom. The zero-order chi connectivity index (χ0) is 22.5. The van der Waals surface area contributed by atoms with Crippen LogP contribution < -0.4 is 10.1 Å². The number of hydrogen-bond acceptors (Lipinski definition) is 7. The number of allylic oxidation sites excluding steroid dienone is 1. The highest BCUT2D eigenvalue weighted by Gasteiger charge is 2.20. The second kappa shape index (κ2) is 10.2. The molecule has 7 nitrogen and oxygen atoms in total. The topological polar surface area (TPSA) is 81.9 Å². The second-order valence-electron chi connectivity index (χ2n) is 6.75. The molecule has 0 saturated carbocycles. The highest BCUT2D eigenvalue weighted by molar-refractivity contribution is 7.99. The molecule has 0 saturated heterocycles. The van der Waals surface area contributed by atoms with E-state index in [1.165, 1.54) is 23.1 Å². The quantitative estimate of drug-likeness (QED) is 0.245. The van der Waals surface area contributed by atoms with Gasteiger partial charge in [-0.2, -0.15) is 0 Å². The Hall–Kier alpha value is -2.88. The van der Waals surface area contributed by atoms with E-state index in [-0.39, 0.29) is 11.7 Å². The molecule has 32 heavy (non-hydrogen) atoms. The summed E-state index contributed by atoms with van der Waals surface area (Å²) in [5.74, 6) is 1.20. The Balaban J connectivity index is 1.43. The average molecular weight is 486 g/mol. The molecule has 0 aliphatic rings. The predicted molar refractivity (Wildman–Crippen MR) is 130 cm³/mol. The van der Waals surface area contributed by atoms with Crippen LogP contribution in [0.25, 0.3) is 10.2 Å². The van der Waals surface area contributed by atoms with Gasteiger partial charge in [0.2, 0.25) is 5.91 Å². The molecule has 0 aliphatic carbocycles. The minimum atomic E-state index is -0.395. The van der Waals surface area contributed by atoms with E-state index in [0.29, 0.717) is 33.4 Å². The van der Waals surface area contributed by atoms with Gasteiger partial charge in [0.25, 0.3) is 0 Å². The third kappa shape index (κ3) is 5.12. The number of nitrogens with zero attached hydrogens (tertiary/aromatic N) is 4. The molecule has 2 heterocycles. The van der Waals surface area contributed by atoms with Gasteiger partial charge < -0.3 is 10.1 Å². The van der Waals surface area contributed by atoms with Crippen molar-refractivity contribution in [3.05, 3.63) is 72.0 Å². The van der Waals surface area contributed by atoms with Crippen LogP contribution in [-0.2, 0) is 11.3 Å².